The first-order valence-electron chi connectivity index (χ1n) is 6.14. The van der Waals surface area contributed by atoms with Gasteiger partial charge in [0.25, 0.3) is 0 Å². The number of rotatable bonds is 6. The zero-order chi connectivity index (χ0) is 13.0. The normalized spacial score (nSPS) is 13.1. The summed E-state index contributed by atoms with van der Waals surface area (Å²) in [6, 6.07) is 7.10. The minimum atomic E-state index is 0.521. The SMILES string of the molecule is CC(CN(C)C)NCc1cc(-c2cccs2)cs1. The summed E-state index contributed by atoms with van der Waals surface area (Å²) >= 11 is 3.64. The molecular weight excluding hydrogens is 260 g/mol. The summed E-state index contributed by atoms with van der Waals surface area (Å²) in [5.74, 6) is 0. The van der Waals surface area contributed by atoms with Crippen LogP contribution in [0.4, 0.5) is 0 Å². The van der Waals surface area contributed by atoms with Gasteiger partial charge in [-0.1, -0.05) is 6.07 Å². The first-order chi connectivity index (χ1) is 8.65. The van der Waals surface area contributed by atoms with E-state index in [4.69, 9.17) is 0 Å². The summed E-state index contributed by atoms with van der Waals surface area (Å²) in [5, 5.41) is 7.94. The van der Waals surface area contributed by atoms with Crippen LogP contribution in [-0.2, 0) is 6.54 Å². The number of hydrogen-bond acceptors (Lipinski definition) is 4. The van der Waals surface area contributed by atoms with Crippen molar-refractivity contribution < 1.29 is 0 Å². The molecule has 18 heavy (non-hydrogen) atoms. The van der Waals surface area contributed by atoms with Crippen molar-refractivity contribution in [1.29, 1.82) is 0 Å². The molecule has 2 aromatic rings. The Bertz CT molecular complexity index is 460. The molecule has 0 aromatic carbocycles. The molecule has 0 saturated heterocycles. The monoisotopic (exact) mass is 280 g/mol. The minimum absolute atomic E-state index is 0.521. The Morgan fingerprint density at radius 2 is 2.17 bits per heavy atom. The van der Waals surface area contributed by atoms with Crippen molar-refractivity contribution in [1.82, 2.24) is 10.2 Å². The lowest BCUT2D eigenvalue weighted by Gasteiger charge is -2.17. The Balaban J connectivity index is 1.87. The van der Waals surface area contributed by atoms with Gasteiger partial charge in [-0.3, -0.25) is 0 Å². The van der Waals surface area contributed by atoms with E-state index in [0.717, 1.165) is 13.1 Å². The second-order valence-electron chi connectivity index (χ2n) is 4.82. The van der Waals surface area contributed by atoms with Crippen molar-refractivity contribution in [3.8, 4) is 10.4 Å². The zero-order valence-corrected chi connectivity index (χ0v) is 12.8. The number of hydrogen-bond donors (Lipinski definition) is 1. The van der Waals surface area contributed by atoms with Crippen LogP contribution in [0.3, 0.4) is 0 Å². The van der Waals surface area contributed by atoms with Gasteiger partial charge < -0.3 is 10.2 Å². The molecule has 0 spiro atoms. The van der Waals surface area contributed by atoms with E-state index in [1.807, 2.05) is 11.3 Å². The predicted octanol–water partition coefficient (Wildman–Crippen LogP) is 3.52. The first kappa shape index (κ1) is 13.7. The largest absolute Gasteiger partial charge is 0.308 e. The molecule has 0 aliphatic rings. The first-order valence-corrected chi connectivity index (χ1v) is 7.90. The molecule has 0 amide bonds. The average Bonchev–Trinajstić information content (AvgIpc) is 2.96. The van der Waals surface area contributed by atoms with E-state index in [-0.39, 0.29) is 0 Å². The van der Waals surface area contributed by atoms with Crippen LogP contribution in [0.2, 0.25) is 0 Å². The van der Waals surface area contributed by atoms with Crippen LogP contribution >= 0.6 is 22.7 Å². The molecule has 0 saturated carbocycles. The maximum absolute atomic E-state index is 3.56. The van der Waals surface area contributed by atoms with Gasteiger partial charge in [-0.15, -0.1) is 22.7 Å². The van der Waals surface area contributed by atoms with Crippen LogP contribution in [0.15, 0.2) is 29.0 Å². The van der Waals surface area contributed by atoms with Crippen LogP contribution in [0.1, 0.15) is 11.8 Å². The lowest BCUT2D eigenvalue weighted by Crippen LogP contribution is -2.35. The Hall–Kier alpha value is -0.680. The van der Waals surface area contributed by atoms with Crippen molar-refractivity contribution in [2.24, 2.45) is 0 Å². The molecule has 1 unspecified atom stereocenters. The molecule has 0 bridgehead atoms. The van der Waals surface area contributed by atoms with E-state index < -0.39 is 0 Å². The van der Waals surface area contributed by atoms with Gasteiger partial charge in [0.1, 0.15) is 0 Å². The molecule has 0 radical (unpaired) electrons. The third kappa shape index (κ3) is 3.92. The molecule has 2 nitrogen and oxygen atoms in total. The molecule has 2 aromatic heterocycles. The highest BCUT2D eigenvalue weighted by molar-refractivity contribution is 7.14. The Morgan fingerprint density at radius 3 is 2.83 bits per heavy atom. The fourth-order valence-corrected chi connectivity index (χ4v) is 3.56. The standard InChI is InChI=1S/C14H20N2S2/c1-11(9-16(2)3)15-8-13-7-12(10-18-13)14-5-4-6-17-14/h4-7,10-11,15H,8-9H2,1-3H3. The maximum Gasteiger partial charge on any atom is 0.0351 e. The third-order valence-electron chi connectivity index (χ3n) is 2.72. The van der Waals surface area contributed by atoms with E-state index in [0.29, 0.717) is 6.04 Å². The van der Waals surface area contributed by atoms with Gasteiger partial charge in [-0.25, -0.2) is 0 Å². The Kier molecular flexibility index (Phi) is 4.95. The maximum atomic E-state index is 3.56. The fourth-order valence-electron chi connectivity index (χ4n) is 1.93. The molecule has 1 atom stereocenters. The fraction of sp³-hybridized carbons (Fsp3) is 0.429. The molecule has 2 heterocycles. The van der Waals surface area contributed by atoms with Gasteiger partial charge in [0, 0.05) is 34.4 Å². The van der Waals surface area contributed by atoms with Crippen molar-refractivity contribution in [2.75, 3.05) is 20.6 Å². The highest BCUT2D eigenvalue weighted by atomic mass is 32.1. The summed E-state index contributed by atoms with van der Waals surface area (Å²) in [4.78, 5) is 4.98. The Labute approximate surface area is 117 Å². The van der Waals surface area contributed by atoms with Gasteiger partial charge in [-0.2, -0.15) is 0 Å². The van der Waals surface area contributed by atoms with Crippen molar-refractivity contribution in [3.63, 3.8) is 0 Å². The van der Waals surface area contributed by atoms with Gasteiger partial charge in [0.15, 0.2) is 0 Å². The van der Waals surface area contributed by atoms with E-state index >= 15 is 0 Å². The quantitative estimate of drug-likeness (QED) is 0.871. The van der Waals surface area contributed by atoms with Crippen molar-refractivity contribution in [2.45, 2.75) is 19.5 Å². The highest BCUT2D eigenvalue weighted by Gasteiger charge is 2.06. The average molecular weight is 280 g/mol. The summed E-state index contributed by atoms with van der Waals surface area (Å²) in [6.45, 7) is 4.27. The van der Waals surface area contributed by atoms with Gasteiger partial charge in [0.2, 0.25) is 0 Å². The Morgan fingerprint density at radius 1 is 1.33 bits per heavy atom. The van der Waals surface area contributed by atoms with Crippen LogP contribution in [0.5, 0.6) is 0 Å². The molecule has 0 aliphatic carbocycles. The van der Waals surface area contributed by atoms with Gasteiger partial charge in [-0.05, 0) is 43.9 Å². The lowest BCUT2D eigenvalue weighted by atomic mass is 10.2. The van der Waals surface area contributed by atoms with E-state index in [1.165, 1.54) is 15.3 Å². The molecule has 0 fully saturated rings. The van der Waals surface area contributed by atoms with E-state index in [1.54, 1.807) is 11.3 Å². The lowest BCUT2D eigenvalue weighted by molar-refractivity contribution is 0.349. The van der Waals surface area contributed by atoms with Crippen molar-refractivity contribution >= 4 is 22.7 Å². The second kappa shape index (κ2) is 6.48. The smallest absolute Gasteiger partial charge is 0.0351 e. The van der Waals surface area contributed by atoms with Crippen LogP contribution in [-0.4, -0.2) is 31.6 Å². The van der Waals surface area contributed by atoms with Gasteiger partial charge in [0.05, 0.1) is 0 Å². The van der Waals surface area contributed by atoms with Crippen molar-refractivity contribution in [3.05, 3.63) is 33.8 Å². The molecule has 2 rings (SSSR count). The highest BCUT2D eigenvalue weighted by Crippen LogP contribution is 2.29. The predicted molar refractivity (Wildman–Crippen MR) is 82.5 cm³/mol. The van der Waals surface area contributed by atoms with E-state index in [9.17, 15) is 0 Å². The number of likely N-dealkylation sites (N-methyl/N-ethyl adjacent to an activating group) is 1. The number of thiophene rings is 2. The van der Waals surface area contributed by atoms with Gasteiger partial charge >= 0.3 is 0 Å². The summed E-state index contributed by atoms with van der Waals surface area (Å²) in [7, 11) is 4.22. The van der Waals surface area contributed by atoms with E-state index in [2.05, 4.69) is 60.2 Å². The minimum Gasteiger partial charge on any atom is -0.308 e. The summed E-state index contributed by atoms with van der Waals surface area (Å²) < 4.78 is 0. The number of nitrogens with one attached hydrogen (secondary N) is 1. The summed E-state index contributed by atoms with van der Waals surface area (Å²) in [5.41, 5.74) is 1.35. The zero-order valence-electron chi connectivity index (χ0n) is 11.1. The summed E-state index contributed by atoms with van der Waals surface area (Å²) in [6.07, 6.45) is 0. The molecule has 1 N–H and O–H groups in total. The second-order valence-corrected chi connectivity index (χ2v) is 6.77. The van der Waals surface area contributed by atoms with Crippen LogP contribution < -0.4 is 5.32 Å². The molecular formula is C14H20N2S2. The number of nitrogens with zero attached hydrogens (tertiary/aromatic N) is 1. The van der Waals surface area contributed by atoms with Crippen LogP contribution in [0.25, 0.3) is 10.4 Å². The third-order valence-corrected chi connectivity index (χ3v) is 4.58. The topological polar surface area (TPSA) is 15.3 Å². The molecule has 4 heteroatoms. The van der Waals surface area contributed by atoms with Crippen LogP contribution in [0, 0.1) is 0 Å². The molecule has 98 valence electrons. The molecule has 0 aliphatic heterocycles.